The maximum atomic E-state index is 6.38. The number of benzene rings is 1. The zero-order chi connectivity index (χ0) is 17.4. The maximum absolute atomic E-state index is 6.38. The van der Waals surface area contributed by atoms with E-state index in [0.717, 1.165) is 0 Å². The van der Waals surface area contributed by atoms with Crippen molar-refractivity contribution in [3.8, 4) is 0 Å². The molecule has 0 atom stereocenters. The van der Waals surface area contributed by atoms with Crippen molar-refractivity contribution in [3.63, 3.8) is 0 Å². The van der Waals surface area contributed by atoms with Gasteiger partial charge in [-0.3, -0.25) is 0 Å². The highest BCUT2D eigenvalue weighted by molar-refractivity contribution is 6.55. The first kappa shape index (κ1) is 17.8. The van der Waals surface area contributed by atoms with Gasteiger partial charge in [-0.1, -0.05) is 55.2 Å². The zero-order valence-electron chi connectivity index (χ0n) is 15.9. The van der Waals surface area contributed by atoms with Gasteiger partial charge in [0.2, 0.25) is 0 Å². The summed E-state index contributed by atoms with van der Waals surface area (Å²) in [7, 11) is -0.223. The van der Waals surface area contributed by atoms with Crippen molar-refractivity contribution in [3.05, 3.63) is 40.9 Å². The molecule has 1 saturated heterocycles. The molecular weight excluding hydrogens is 295 g/mol. The monoisotopic (exact) mass is 326 g/mol. The van der Waals surface area contributed by atoms with Crippen LogP contribution in [0.5, 0.6) is 0 Å². The minimum absolute atomic E-state index is 0.223. The molecule has 1 aliphatic heterocycles. The lowest BCUT2D eigenvalue weighted by molar-refractivity contribution is 0.00578. The lowest BCUT2D eigenvalue weighted by Crippen LogP contribution is -2.41. The van der Waals surface area contributed by atoms with E-state index in [1.165, 1.54) is 48.7 Å². The highest BCUT2D eigenvalue weighted by Crippen LogP contribution is 2.42. The van der Waals surface area contributed by atoms with Crippen molar-refractivity contribution in [1.29, 1.82) is 0 Å². The predicted octanol–water partition coefficient (Wildman–Crippen LogP) is 5.59. The van der Waals surface area contributed by atoms with Crippen LogP contribution in [0.2, 0.25) is 0 Å². The molecule has 24 heavy (non-hydrogen) atoms. The highest BCUT2D eigenvalue weighted by atomic mass is 16.7. The predicted molar refractivity (Wildman–Crippen MR) is 102 cm³/mol. The second-order valence-corrected chi connectivity index (χ2v) is 8.48. The molecule has 3 heteroatoms. The van der Waals surface area contributed by atoms with E-state index < -0.39 is 0 Å². The van der Waals surface area contributed by atoms with Gasteiger partial charge in [0.25, 0.3) is 0 Å². The lowest BCUT2D eigenvalue weighted by atomic mass is 9.66. The quantitative estimate of drug-likeness (QED) is 0.674. The minimum Gasteiger partial charge on any atom is -0.400 e. The zero-order valence-corrected chi connectivity index (χ0v) is 15.9. The highest BCUT2D eigenvalue weighted by Gasteiger charge is 2.53. The van der Waals surface area contributed by atoms with Gasteiger partial charge < -0.3 is 9.31 Å². The van der Waals surface area contributed by atoms with Crippen molar-refractivity contribution in [2.45, 2.75) is 77.9 Å². The van der Waals surface area contributed by atoms with E-state index in [-0.39, 0.29) is 18.3 Å². The summed E-state index contributed by atoms with van der Waals surface area (Å²) in [5.41, 5.74) is 3.31. The van der Waals surface area contributed by atoms with Crippen LogP contribution in [0.15, 0.2) is 29.7 Å². The van der Waals surface area contributed by atoms with E-state index in [9.17, 15) is 0 Å². The molecule has 2 nitrogen and oxygen atoms in total. The molecule has 0 aromatic heterocycles. The Kier molecular flexibility index (Phi) is 4.95. The van der Waals surface area contributed by atoms with E-state index in [2.05, 4.69) is 65.0 Å². The molecule has 1 aliphatic carbocycles. The third kappa shape index (κ3) is 3.62. The molecule has 1 aromatic rings. The largest absolute Gasteiger partial charge is 0.490 e. The first-order valence-corrected chi connectivity index (χ1v) is 9.42. The summed E-state index contributed by atoms with van der Waals surface area (Å²) in [5, 5.41) is 0. The van der Waals surface area contributed by atoms with Crippen LogP contribution < -0.4 is 0 Å². The molecule has 0 radical (unpaired) electrons. The number of allylic oxidation sites excluding steroid dienone is 1. The summed E-state index contributed by atoms with van der Waals surface area (Å²) in [6.45, 7) is 10.7. The van der Waals surface area contributed by atoms with Gasteiger partial charge in [-0.05, 0) is 64.4 Å². The maximum Gasteiger partial charge on any atom is 0.490 e. The van der Waals surface area contributed by atoms with Gasteiger partial charge >= 0.3 is 7.12 Å². The van der Waals surface area contributed by atoms with Crippen molar-refractivity contribution in [2.24, 2.45) is 5.92 Å². The van der Waals surface area contributed by atoms with E-state index >= 15 is 0 Å². The van der Waals surface area contributed by atoms with E-state index in [1.807, 2.05) is 0 Å². The Labute approximate surface area is 147 Å². The Hall–Kier alpha value is -1.06. The molecule has 1 aromatic carbocycles. The van der Waals surface area contributed by atoms with Crippen molar-refractivity contribution in [2.75, 3.05) is 0 Å². The summed E-state index contributed by atoms with van der Waals surface area (Å²) in [6, 6.07) is 8.75. The Morgan fingerprint density at radius 3 is 2.04 bits per heavy atom. The molecule has 2 fully saturated rings. The van der Waals surface area contributed by atoms with E-state index in [1.54, 1.807) is 0 Å². The molecule has 2 aliphatic rings. The van der Waals surface area contributed by atoms with Crippen molar-refractivity contribution in [1.82, 2.24) is 0 Å². The van der Waals surface area contributed by atoms with Gasteiger partial charge in [0.1, 0.15) is 0 Å². The summed E-state index contributed by atoms with van der Waals surface area (Å²) in [5.74, 6) is 0.578. The Bertz CT molecular complexity index is 579. The fourth-order valence-electron chi connectivity index (χ4n) is 3.65. The van der Waals surface area contributed by atoms with Crippen LogP contribution in [0.1, 0.15) is 70.9 Å². The van der Waals surface area contributed by atoms with Gasteiger partial charge in [0, 0.05) is 0 Å². The fraction of sp³-hybridized carbons (Fsp3) is 0.619. The summed E-state index contributed by atoms with van der Waals surface area (Å²) in [4.78, 5) is 0. The summed E-state index contributed by atoms with van der Waals surface area (Å²) < 4.78 is 12.8. The number of aryl methyl sites for hydroxylation is 1. The Balaban J connectivity index is 1.92. The molecule has 1 heterocycles. The van der Waals surface area contributed by atoms with Crippen molar-refractivity contribution < 1.29 is 9.31 Å². The fourth-order valence-corrected chi connectivity index (χ4v) is 3.65. The van der Waals surface area contributed by atoms with Crippen LogP contribution in [0.25, 0.3) is 6.08 Å². The molecule has 0 amide bonds. The van der Waals surface area contributed by atoms with Crippen LogP contribution in [-0.2, 0) is 9.31 Å². The van der Waals surface area contributed by atoms with Gasteiger partial charge in [-0.2, -0.15) is 0 Å². The third-order valence-electron chi connectivity index (χ3n) is 6.01. The third-order valence-corrected chi connectivity index (χ3v) is 6.01. The van der Waals surface area contributed by atoms with E-state index in [0.29, 0.717) is 5.92 Å². The summed E-state index contributed by atoms with van der Waals surface area (Å²) >= 11 is 0. The van der Waals surface area contributed by atoms with Crippen LogP contribution >= 0.6 is 0 Å². The average Bonchev–Trinajstić information content (AvgIpc) is 2.75. The standard InChI is InChI=1S/C21H31BO2/c1-16-11-13-17(14-12-16)15-19(18-9-7-6-8-10-18)22-23-20(2,3)21(4,5)24-22/h11-15,18H,6-10H2,1-5H3/b19-15-. The second-order valence-electron chi connectivity index (χ2n) is 8.48. The smallest absolute Gasteiger partial charge is 0.400 e. The average molecular weight is 326 g/mol. The molecule has 1 saturated carbocycles. The van der Waals surface area contributed by atoms with Crippen LogP contribution in [-0.4, -0.2) is 18.3 Å². The first-order valence-electron chi connectivity index (χ1n) is 9.42. The molecule has 3 rings (SSSR count). The van der Waals surface area contributed by atoms with Gasteiger partial charge in [-0.25, -0.2) is 0 Å². The van der Waals surface area contributed by atoms with Gasteiger partial charge in [0.15, 0.2) is 0 Å². The van der Waals surface area contributed by atoms with Crippen LogP contribution in [0, 0.1) is 12.8 Å². The van der Waals surface area contributed by atoms with Gasteiger partial charge in [0.05, 0.1) is 11.2 Å². The molecule has 0 bridgehead atoms. The number of hydrogen-bond acceptors (Lipinski definition) is 2. The first-order chi connectivity index (χ1) is 11.3. The van der Waals surface area contributed by atoms with Gasteiger partial charge in [-0.15, -0.1) is 0 Å². The number of hydrogen-bond donors (Lipinski definition) is 0. The van der Waals surface area contributed by atoms with Crippen LogP contribution in [0.4, 0.5) is 0 Å². The topological polar surface area (TPSA) is 18.5 Å². The molecular formula is C21H31BO2. The normalized spacial score (nSPS) is 24.4. The lowest BCUT2D eigenvalue weighted by Gasteiger charge is -2.32. The molecule has 130 valence electrons. The minimum atomic E-state index is -0.279. The molecule has 0 unspecified atom stereocenters. The SMILES string of the molecule is Cc1ccc(/C=C(\B2OC(C)(C)C(C)(C)O2)C2CCCCC2)cc1. The number of rotatable bonds is 3. The Morgan fingerprint density at radius 2 is 1.50 bits per heavy atom. The van der Waals surface area contributed by atoms with E-state index in [4.69, 9.17) is 9.31 Å². The second kappa shape index (κ2) is 6.69. The summed E-state index contributed by atoms with van der Waals surface area (Å²) in [6.07, 6.45) is 8.81. The van der Waals surface area contributed by atoms with Crippen molar-refractivity contribution >= 4 is 13.2 Å². The Morgan fingerprint density at radius 1 is 0.958 bits per heavy atom. The van der Waals surface area contributed by atoms with Crippen LogP contribution in [0.3, 0.4) is 0 Å². The molecule has 0 spiro atoms. The molecule has 0 N–H and O–H groups in total.